The van der Waals surface area contributed by atoms with Crippen LogP contribution < -0.4 is 10.6 Å². The fourth-order valence-electron chi connectivity index (χ4n) is 6.09. The number of nitrogens with zero attached hydrogens (tertiary/aromatic N) is 5. The molecule has 3 aromatic rings. The summed E-state index contributed by atoms with van der Waals surface area (Å²) < 4.78 is 30.5. The molecule has 4 heterocycles. The van der Waals surface area contributed by atoms with E-state index in [2.05, 4.69) is 20.2 Å². The number of aromatic nitrogens is 3. The van der Waals surface area contributed by atoms with Gasteiger partial charge in [-0.25, -0.2) is 13.4 Å². The largest absolute Gasteiger partial charge is 0.343 e. The Hall–Kier alpha value is -3.02. The van der Waals surface area contributed by atoms with Crippen LogP contribution >= 0.6 is 0 Å². The van der Waals surface area contributed by atoms with Gasteiger partial charge in [0.25, 0.3) is 5.91 Å². The highest BCUT2D eigenvalue weighted by Crippen LogP contribution is 2.35. The molecular formula is C26H33N7O3S. The lowest BCUT2D eigenvalue weighted by atomic mass is 10.2. The van der Waals surface area contributed by atoms with Gasteiger partial charge < -0.3 is 20.1 Å². The number of piperazine rings is 1. The van der Waals surface area contributed by atoms with Crippen molar-refractivity contribution in [1.82, 2.24) is 29.1 Å². The summed E-state index contributed by atoms with van der Waals surface area (Å²) in [7, 11) is -0.0320. The summed E-state index contributed by atoms with van der Waals surface area (Å²) >= 11 is 0. The number of benzene rings is 1. The molecule has 37 heavy (non-hydrogen) atoms. The highest BCUT2D eigenvalue weighted by atomic mass is 32.2. The van der Waals surface area contributed by atoms with Gasteiger partial charge in [-0.15, -0.1) is 0 Å². The zero-order valence-corrected chi connectivity index (χ0v) is 22.0. The number of nitrogens with one attached hydrogen (secondary N) is 2. The van der Waals surface area contributed by atoms with Crippen molar-refractivity contribution in [2.45, 2.75) is 61.5 Å². The minimum absolute atomic E-state index is 0.0297. The normalized spacial score (nSPS) is 22.5. The molecular weight excluding hydrogens is 490 g/mol. The topological polar surface area (TPSA) is 112 Å². The average Bonchev–Trinajstić information content (AvgIpc) is 3.60. The van der Waals surface area contributed by atoms with Crippen molar-refractivity contribution in [3.63, 3.8) is 0 Å². The van der Waals surface area contributed by atoms with Gasteiger partial charge in [0.2, 0.25) is 16.0 Å². The maximum Gasteiger partial charge on any atom is 0.270 e. The first-order valence-corrected chi connectivity index (χ1v) is 14.5. The Labute approximate surface area is 217 Å². The van der Waals surface area contributed by atoms with E-state index in [0.29, 0.717) is 35.3 Å². The van der Waals surface area contributed by atoms with E-state index in [1.54, 1.807) is 53.8 Å². The van der Waals surface area contributed by atoms with Crippen LogP contribution in [0.25, 0.3) is 11.0 Å². The third-order valence-corrected chi connectivity index (χ3v) is 9.91. The summed E-state index contributed by atoms with van der Waals surface area (Å²) in [5.41, 5.74) is 2.07. The Morgan fingerprint density at radius 2 is 1.70 bits per heavy atom. The lowest BCUT2D eigenvalue weighted by Crippen LogP contribution is -2.53. The zero-order valence-electron chi connectivity index (χ0n) is 21.2. The van der Waals surface area contributed by atoms with E-state index in [1.807, 2.05) is 6.07 Å². The summed E-state index contributed by atoms with van der Waals surface area (Å²) in [6, 6.07) is 8.97. The van der Waals surface area contributed by atoms with Crippen LogP contribution in [-0.2, 0) is 10.0 Å². The first kappa shape index (κ1) is 24.3. The predicted octanol–water partition coefficient (Wildman–Crippen LogP) is 3.12. The molecule has 0 spiro atoms. The van der Waals surface area contributed by atoms with Crippen LogP contribution in [0.4, 0.5) is 11.6 Å². The average molecular weight is 524 g/mol. The van der Waals surface area contributed by atoms with E-state index in [-0.39, 0.29) is 24.0 Å². The summed E-state index contributed by atoms with van der Waals surface area (Å²) in [5, 5.41) is 7.37. The van der Waals surface area contributed by atoms with Crippen molar-refractivity contribution in [3.05, 3.63) is 42.2 Å². The molecule has 1 aliphatic carbocycles. The third-order valence-electron chi connectivity index (χ3n) is 7.89. The van der Waals surface area contributed by atoms with Crippen LogP contribution in [0.5, 0.6) is 0 Å². The van der Waals surface area contributed by atoms with Crippen molar-refractivity contribution in [2.75, 3.05) is 32.5 Å². The first-order chi connectivity index (χ1) is 17.8. The number of carbonyl (C=O) groups excluding carboxylic acids is 1. The molecule has 1 aromatic carbocycles. The maximum absolute atomic E-state index is 13.4. The molecule has 6 rings (SSSR count). The van der Waals surface area contributed by atoms with E-state index < -0.39 is 10.0 Å². The van der Waals surface area contributed by atoms with Gasteiger partial charge >= 0.3 is 0 Å². The third kappa shape index (κ3) is 4.28. The van der Waals surface area contributed by atoms with Crippen molar-refractivity contribution >= 4 is 38.6 Å². The molecule has 2 atom stereocenters. The molecule has 196 valence electrons. The van der Waals surface area contributed by atoms with Crippen LogP contribution in [0.2, 0.25) is 0 Å². The number of fused-ring (bicyclic) bond motifs is 3. The van der Waals surface area contributed by atoms with Gasteiger partial charge in [0.05, 0.1) is 4.90 Å². The Morgan fingerprint density at radius 1 is 1.03 bits per heavy atom. The molecule has 2 N–H and O–H groups in total. The van der Waals surface area contributed by atoms with Crippen LogP contribution in [0.3, 0.4) is 0 Å². The van der Waals surface area contributed by atoms with Crippen molar-refractivity contribution in [2.24, 2.45) is 0 Å². The fourth-order valence-corrected chi connectivity index (χ4v) is 7.95. The van der Waals surface area contributed by atoms with Gasteiger partial charge in [-0.2, -0.15) is 9.29 Å². The van der Waals surface area contributed by atoms with E-state index in [0.717, 1.165) is 49.6 Å². The standard InChI is InChI=1S/C26H33N7O3S/c1-31(2)25(34)23-13-17-14-28-26(30-24(17)32(23)19-5-3-4-6-19)29-18-7-11-22(12-8-18)37(35,36)33-20-9-10-21(33)16-27-15-20/h7-8,11-14,19-21,27H,3-6,9-10,15-16H2,1-2H3,(H,28,29,30). The molecule has 11 heteroatoms. The Kier molecular flexibility index (Phi) is 6.16. The minimum atomic E-state index is -3.55. The smallest absolute Gasteiger partial charge is 0.270 e. The van der Waals surface area contributed by atoms with Crippen LogP contribution in [0, 0.1) is 0 Å². The van der Waals surface area contributed by atoms with E-state index in [1.165, 1.54) is 0 Å². The molecule has 2 aromatic heterocycles. The van der Waals surface area contributed by atoms with Crippen molar-refractivity contribution < 1.29 is 13.2 Å². The Bertz CT molecular complexity index is 1410. The maximum atomic E-state index is 13.4. The number of amides is 1. The Balaban J connectivity index is 1.28. The lowest BCUT2D eigenvalue weighted by Gasteiger charge is -2.34. The van der Waals surface area contributed by atoms with Crippen LogP contribution in [0.15, 0.2) is 41.4 Å². The number of sulfonamides is 1. The monoisotopic (exact) mass is 523 g/mol. The lowest BCUT2D eigenvalue weighted by molar-refractivity contribution is 0.0815. The SMILES string of the molecule is CN(C)C(=O)c1cc2cnc(Nc3ccc(S(=O)(=O)N4C5CCC4CNC5)cc3)nc2n1C1CCCC1. The van der Waals surface area contributed by atoms with Crippen LogP contribution in [0.1, 0.15) is 55.1 Å². The number of hydrogen-bond donors (Lipinski definition) is 2. The molecule has 2 saturated heterocycles. The summed E-state index contributed by atoms with van der Waals surface area (Å²) in [5.74, 6) is 0.360. The van der Waals surface area contributed by atoms with Crippen LogP contribution in [-0.4, -0.2) is 77.3 Å². The van der Waals surface area contributed by atoms with Gasteiger partial charge in [-0.3, -0.25) is 4.79 Å². The summed E-state index contributed by atoms with van der Waals surface area (Å²) in [4.78, 5) is 24.1. The molecule has 10 nitrogen and oxygen atoms in total. The van der Waals surface area contributed by atoms with Crippen molar-refractivity contribution in [3.8, 4) is 0 Å². The van der Waals surface area contributed by atoms with Gasteiger partial charge in [0, 0.05) is 62.6 Å². The number of anilines is 2. The molecule has 0 radical (unpaired) electrons. The van der Waals surface area contributed by atoms with E-state index in [4.69, 9.17) is 4.98 Å². The van der Waals surface area contributed by atoms with Crippen molar-refractivity contribution in [1.29, 1.82) is 0 Å². The highest BCUT2D eigenvalue weighted by Gasteiger charge is 2.44. The second kappa shape index (κ2) is 9.38. The Morgan fingerprint density at radius 3 is 2.35 bits per heavy atom. The molecule has 1 saturated carbocycles. The predicted molar refractivity (Wildman–Crippen MR) is 141 cm³/mol. The van der Waals surface area contributed by atoms with E-state index in [9.17, 15) is 13.2 Å². The van der Waals surface area contributed by atoms with Gasteiger partial charge in [-0.05, 0) is 56.0 Å². The number of carbonyl (C=O) groups is 1. The summed E-state index contributed by atoms with van der Waals surface area (Å²) in [6.07, 6.45) is 7.87. The second-order valence-corrected chi connectivity index (χ2v) is 12.4. The zero-order chi connectivity index (χ0) is 25.7. The summed E-state index contributed by atoms with van der Waals surface area (Å²) in [6.45, 7) is 1.42. The molecule has 1 amide bonds. The number of rotatable bonds is 6. The van der Waals surface area contributed by atoms with E-state index >= 15 is 0 Å². The highest BCUT2D eigenvalue weighted by molar-refractivity contribution is 7.89. The first-order valence-electron chi connectivity index (χ1n) is 13.0. The van der Waals surface area contributed by atoms with Gasteiger partial charge in [0.1, 0.15) is 11.3 Å². The van der Waals surface area contributed by atoms with Gasteiger partial charge in [-0.1, -0.05) is 12.8 Å². The second-order valence-electron chi connectivity index (χ2n) is 10.5. The fraction of sp³-hybridized carbons (Fsp3) is 0.500. The molecule has 2 bridgehead atoms. The number of hydrogen-bond acceptors (Lipinski definition) is 7. The minimum Gasteiger partial charge on any atom is -0.343 e. The quantitative estimate of drug-likeness (QED) is 0.511. The van der Waals surface area contributed by atoms with Gasteiger partial charge in [0.15, 0.2) is 0 Å². The molecule has 3 aliphatic rings. The molecule has 2 aliphatic heterocycles. The molecule has 3 fully saturated rings. The molecule has 2 unspecified atom stereocenters.